The number of rotatable bonds is 2. The molecule has 0 spiro atoms. The molecule has 0 bridgehead atoms. The first-order valence-corrected chi connectivity index (χ1v) is 7.13. The van der Waals surface area contributed by atoms with E-state index in [4.69, 9.17) is 5.73 Å². The maximum atomic E-state index is 6.27. The van der Waals surface area contributed by atoms with Gasteiger partial charge >= 0.3 is 0 Å². The van der Waals surface area contributed by atoms with Crippen LogP contribution in [0.4, 0.5) is 5.95 Å². The molecule has 1 aromatic heterocycles. The second kappa shape index (κ2) is 4.82. The minimum absolute atomic E-state index is 0.0532. The Labute approximate surface area is 123 Å². The molecule has 1 aliphatic rings. The quantitative estimate of drug-likeness (QED) is 0.755. The first-order valence-electron chi connectivity index (χ1n) is 7.13. The van der Waals surface area contributed by atoms with Crippen LogP contribution in [0.25, 0.3) is 10.9 Å². The highest BCUT2D eigenvalue weighted by Crippen LogP contribution is 2.32. The van der Waals surface area contributed by atoms with Gasteiger partial charge in [0.15, 0.2) is 0 Å². The lowest BCUT2D eigenvalue weighted by Gasteiger charge is -2.18. The Morgan fingerprint density at radius 1 is 1.05 bits per heavy atom. The zero-order chi connectivity index (χ0) is 14.2. The molecule has 4 heteroatoms. The second-order valence-corrected chi connectivity index (χ2v) is 5.44. The molecular formula is C17H16N4. The predicted octanol–water partition coefficient (Wildman–Crippen LogP) is 2.67. The molecule has 2 aromatic carbocycles. The van der Waals surface area contributed by atoms with E-state index < -0.39 is 0 Å². The van der Waals surface area contributed by atoms with Crippen molar-refractivity contribution in [2.24, 2.45) is 5.73 Å². The molecule has 0 aliphatic heterocycles. The minimum atomic E-state index is 0.0532. The second-order valence-electron chi connectivity index (χ2n) is 5.44. The summed E-state index contributed by atoms with van der Waals surface area (Å²) in [5.41, 5.74) is 9.77. The third-order valence-electron chi connectivity index (χ3n) is 4.05. The standard InChI is InChI=1S/C17H16N4/c18-14-9-11-5-1-3-7-13(11)16(14)21-17-19-10-12-6-2-4-8-15(12)20-17/h1-8,10,14,16H,9,18H2,(H,19,20,21). The summed E-state index contributed by atoms with van der Waals surface area (Å²) in [6.45, 7) is 0. The summed E-state index contributed by atoms with van der Waals surface area (Å²) >= 11 is 0. The van der Waals surface area contributed by atoms with Gasteiger partial charge in [0.2, 0.25) is 5.95 Å². The highest BCUT2D eigenvalue weighted by atomic mass is 15.1. The maximum absolute atomic E-state index is 6.27. The largest absolute Gasteiger partial charge is 0.346 e. The fraction of sp³-hybridized carbons (Fsp3) is 0.176. The highest BCUT2D eigenvalue weighted by Gasteiger charge is 2.29. The van der Waals surface area contributed by atoms with E-state index in [2.05, 4.69) is 33.5 Å². The average molecular weight is 276 g/mol. The van der Waals surface area contributed by atoms with Crippen LogP contribution in [0.2, 0.25) is 0 Å². The van der Waals surface area contributed by atoms with Gasteiger partial charge in [-0.1, -0.05) is 42.5 Å². The third-order valence-corrected chi connectivity index (χ3v) is 4.05. The van der Waals surface area contributed by atoms with E-state index >= 15 is 0 Å². The number of nitrogens with two attached hydrogens (primary N) is 1. The number of aromatic nitrogens is 2. The number of para-hydroxylation sites is 1. The van der Waals surface area contributed by atoms with Crippen LogP contribution in [0.1, 0.15) is 17.2 Å². The number of hydrogen-bond acceptors (Lipinski definition) is 4. The summed E-state index contributed by atoms with van der Waals surface area (Å²) in [7, 11) is 0. The molecule has 104 valence electrons. The Balaban J connectivity index is 1.68. The summed E-state index contributed by atoms with van der Waals surface area (Å²) in [5, 5.41) is 4.43. The van der Waals surface area contributed by atoms with E-state index in [1.807, 2.05) is 36.5 Å². The van der Waals surface area contributed by atoms with Crippen molar-refractivity contribution in [1.82, 2.24) is 9.97 Å². The van der Waals surface area contributed by atoms with Crippen LogP contribution in [-0.2, 0) is 6.42 Å². The lowest BCUT2D eigenvalue weighted by molar-refractivity contribution is 0.621. The van der Waals surface area contributed by atoms with Crippen molar-refractivity contribution in [3.05, 3.63) is 65.9 Å². The number of fused-ring (bicyclic) bond motifs is 2. The fourth-order valence-electron chi connectivity index (χ4n) is 2.99. The van der Waals surface area contributed by atoms with E-state index in [1.54, 1.807) is 0 Å². The van der Waals surface area contributed by atoms with Gasteiger partial charge in [-0.25, -0.2) is 9.97 Å². The van der Waals surface area contributed by atoms with Gasteiger partial charge in [0.1, 0.15) is 0 Å². The smallest absolute Gasteiger partial charge is 0.223 e. The van der Waals surface area contributed by atoms with Crippen LogP contribution in [0, 0.1) is 0 Å². The lowest BCUT2D eigenvalue weighted by atomic mass is 10.1. The van der Waals surface area contributed by atoms with Gasteiger partial charge in [-0.05, 0) is 23.6 Å². The molecule has 3 N–H and O–H groups in total. The van der Waals surface area contributed by atoms with Crippen LogP contribution >= 0.6 is 0 Å². The number of hydrogen-bond donors (Lipinski definition) is 2. The lowest BCUT2D eigenvalue weighted by Crippen LogP contribution is -2.30. The van der Waals surface area contributed by atoms with Gasteiger partial charge in [0.05, 0.1) is 11.6 Å². The summed E-state index contributed by atoms with van der Waals surface area (Å²) in [4.78, 5) is 8.97. The number of anilines is 1. The molecule has 0 fully saturated rings. The molecule has 21 heavy (non-hydrogen) atoms. The number of nitrogens with zero attached hydrogens (tertiary/aromatic N) is 2. The van der Waals surface area contributed by atoms with Gasteiger partial charge in [-0.3, -0.25) is 0 Å². The Bertz CT molecular complexity index is 799. The maximum Gasteiger partial charge on any atom is 0.223 e. The molecule has 0 saturated carbocycles. The van der Waals surface area contributed by atoms with Gasteiger partial charge < -0.3 is 11.1 Å². The normalized spacial score (nSPS) is 20.4. The molecule has 1 heterocycles. The summed E-state index contributed by atoms with van der Waals surface area (Å²) in [5.74, 6) is 0.630. The predicted molar refractivity (Wildman–Crippen MR) is 84.0 cm³/mol. The van der Waals surface area contributed by atoms with E-state index in [0.717, 1.165) is 17.3 Å². The molecule has 4 rings (SSSR count). The zero-order valence-corrected chi connectivity index (χ0v) is 11.5. The molecule has 2 unspecified atom stereocenters. The van der Waals surface area contributed by atoms with Crippen LogP contribution in [0.3, 0.4) is 0 Å². The molecule has 0 saturated heterocycles. The topological polar surface area (TPSA) is 63.8 Å². The Morgan fingerprint density at radius 2 is 1.86 bits per heavy atom. The van der Waals surface area contributed by atoms with Crippen LogP contribution in [-0.4, -0.2) is 16.0 Å². The fourth-order valence-corrected chi connectivity index (χ4v) is 2.99. The molecule has 4 nitrogen and oxygen atoms in total. The van der Waals surface area contributed by atoms with Crippen molar-refractivity contribution in [3.8, 4) is 0 Å². The Morgan fingerprint density at radius 3 is 2.81 bits per heavy atom. The number of benzene rings is 2. The van der Waals surface area contributed by atoms with Crippen LogP contribution < -0.4 is 11.1 Å². The monoisotopic (exact) mass is 276 g/mol. The van der Waals surface area contributed by atoms with Crippen molar-refractivity contribution in [3.63, 3.8) is 0 Å². The number of nitrogens with one attached hydrogen (secondary N) is 1. The van der Waals surface area contributed by atoms with E-state index in [1.165, 1.54) is 11.1 Å². The van der Waals surface area contributed by atoms with Gasteiger partial charge in [-0.15, -0.1) is 0 Å². The third kappa shape index (κ3) is 2.14. The molecule has 0 radical (unpaired) electrons. The highest BCUT2D eigenvalue weighted by molar-refractivity contribution is 5.78. The van der Waals surface area contributed by atoms with E-state index in [9.17, 15) is 0 Å². The SMILES string of the molecule is NC1Cc2ccccc2C1Nc1ncc2ccccc2n1. The van der Waals surface area contributed by atoms with E-state index in [-0.39, 0.29) is 12.1 Å². The summed E-state index contributed by atoms with van der Waals surface area (Å²) in [6.07, 6.45) is 2.73. The average Bonchev–Trinajstić information content (AvgIpc) is 2.83. The minimum Gasteiger partial charge on any atom is -0.346 e. The van der Waals surface area contributed by atoms with Gasteiger partial charge in [0, 0.05) is 17.6 Å². The van der Waals surface area contributed by atoms with Crippen molar-refractivity contribution in [1.29, 1.82) is 0 Å². The molecule has 3 aromatic rings. The Hall–Kier alpha value is -2.46. The molecule has 1 aliphatic carbocycles. The molecular weight excluding hydrogens is 260 g/mol. The zero-order valence-electron chi connectivity index (χ0n) is 11.5. The van der Waals surface area contributed by atoms with Crippen LogP contribution in [0.5, 0.6) is 0 Å². The molecule has 2 atom stereocenters. The van der Waals surface area contributed by atoms with E-state index in [0.29, 0.717) is 5.95 Å². The summed E-state index contributed by atoms with van der Waals surface area (Å²) in [6, 6.07) is 16.5. The van der Waals surface area contributed by atoms with Crippen molar-refractivity contribution < 1.29 is 0 Å². The first-order chi connectivity index (χ1) is 10.3. The summed E-state index contributed by atoms with van der Waals surface area (Å²) < 4.78 is 0. The van der Waals surface area contributed by atoms with Gasteiger partial charge in [-0.2, -0.15) is 0 Å². The van der Waals surface area contributed by atoms with Crippen molar-refractivity contribution in [2.75, 3.05) is 5.32 Å². The van der Waals surface area contributed by atoms with Crippen LogP contribution in [0.15, 0.2) is 54.7 Å². The Kier molecular flexibility index (Phi) is 2.82. The first kappa shape index (κ1) is 12.3. The molecule has 0 amide bonds. The van der Waals surface area contributed by atoms with Crippen molar-refractivity contribution >= 4 is 16.9 Å². The van der Waals surface area contributed by atoms with Gasteiger partial charge in [0.25, 0.3) is 0 Å². The van der Waals surface area contributed by atoms with Crippen molar-refractivity contribution in [2.45, 2.75) is 18.5 Å².